The molecule has 1 unspecified atom stereocenters. The van der Waals surface area contributed by atoms with Crippen molar-refractivity contribution in [3.05, 3.63) is 58.9 Å². The number of halogens is 1. The number of benzene rings is 2. The van der Waals surface area contributed by atoms with E-state index in [0.29, 0.717) is 28.1 Å². The highest BCUT2D eigenvalue weighted by molar-refractivity contribution is 6.07. The zero-order valence-corrected chi connectivity index (χ0v) is 16.3. The van der Waals surface area contributed by atoms with Crippen molar-refractivity contribution in [3.8, 4) is 0 Å². The van der Waals surface area contributed by atoms with Crippen molar-refractivity contribution < 1.29 is 23.9 Å². The molecule has 2 aromatic rings. The lowest BCUT2D eigenvalue weighted by Gasteiger charge is -2.37. The monoisotopic (exact) mass is 412 g/mol. The number of piperidine rings is 1. The van der Waals surface area contributed by atoms with Crippen LogP contribution in [0.25, 0.3) is 0 Å². The fourth-order valence-corrected chi connectivity index (χ4v) is 3.78. The molecule has 8 nitrogen and oxygen atoms in total. The molecule has 0 aromatic heterocycles. The Kier molecular flexibility index (Phi) is 4.90. The minimum atomic E-state index is -2.09. The van der Waals surface area contributed by atoms with Crippen LogP contribution in [0.4, 0.5) is 15.8 Å². The van der Waals surface area contributed by atoms with Gasteiger partial charge in [0.2, 0.25) is 11.6 Å². The van der Waals surface area contributed by atoms with Crippen molar-refractivity contribution in [2.75, 3.05) is 17.7 Å². The number of nitrogens with one attached hydrogen (secondary N) is 3. The zero-order chi connectivity index (χ0) is 21.5. The molecule has 4 rings (SSSR count). The predicted octanol–water partition coefficient (Wildman–Crippen LogP) is 1.56. The second-order valence-electron chi connectivity index (χ2n) is 7.33. The quantitative estimate of drug-likeness (QED) is 0.555. The van der Waals surface area contributed by atoms with E-state index in [0.717, 1.165) is 4.90 Å². The molecule has 2 aromatic carbocycles. The minimum absolute atomic E-state index is 0.00335. The predicted molar refractivity (Wildman–Crippen MR) is 107 cm³/mol. The zero-order valence-electron chi connectivity index (χ0n) is 16.3. The van der Waals surface area contributed by atoms with Crippen molar-refractivity contribution in [1.29, 1.82) is 0 Å². The Labute approximate surface area is 172 Å². The highest BCUT2D eigenvalue weighted by Gasteiger charge is 2.51. The van der Waals surface area contributed by atoms with E-state index >= 15 is 0 Å². The molecule has 0 bridgehead atoms. The number of aliphatic hydroxyl groups is 1. The molecule has 0 spiro atoms. The smallest absolute Gasteiger partial charge is 0.279 e. The summed E-state index contributed by atoms with van der Waals surface area (Å²) in [5.74, 6) is -2.24. The van der Waals surface area contributed by atoms with E-state index in [1.54, 1.807) is 37.4 Å². The molecular weight excluding hydrogens is 391 g/mol. The average molecular weight is 412 g/mol. The standard InChI is InChI=1S/C21H21FN4O4/c1-23-13-6-5-12(16(22)9-13)10-24-17-4-2-3-14-15(17)11-26(19(14)28)21(30)8-7-18(27)25-20(21)29/h2-6,9,23-24,30H,7-8,10-11H2,1H3,(H,25,27,29). The Morgan fingerprint density at radius 3 is 2.73 bits per heavy atom. The molecular formula is C21H21FN4O4. The van der Waals surface area contributed by atoms with Crippen molar-refractivity contribution in [2.45, 2.75) is 31.7 Å². The van der Waals surface area contributed by atoms with Gasteiger partial charge in [-0.15, -0.1) is 0 Å². The molecule has 0 radical (unpaired) electrons. The van der Waals surface area contributed by atoms with E-state index in [1.165, 1.54) is 6.07 Å². The maximum Gasteiger partial charge on any atom is 0.279 e. The molecule has 1 fully saturated rings. The first-order valence-corrected chi connectivity index (χ1v) is 9.54. The first-order chi connectivity index (χ1) is 14.3. The summed E-state index contributed by atoms with van der Waals surface area (Å²) in [4.78, 5) is 37.6. The van der Waals surface area contributed by atoms with Crippen molar-refractivity contribution in [1.82, 2.24) is 10.2 Å². The molecule has 3 amide bonds. The topological polar surface area (TPSA) is 111 Å². The molecule has 0 aliphatic carbocycles. The first-order valence-electron chi connectivity index (χ1n) is 9.54. The van der Waals surface area contributed by atoms with Crippen molar-refractivity contribution in [2.24, 2.45) is 0 Å². The van der Waals surface area contributed by atoms with Gasteiger partial charge in [-0.1, -0.05) is 12.1 Å². The summed E-state index contributed by atoms with van der Waals surface area (Å²) >= 11 is 0. The van der Waals surface area contributed by atoms with Crippen LogP contribution in [0.3, 0.4) is 0 Å². The van der Waals surface area contributed by atoms with E-state index < -0.39 is 23.4 Å². The highest BCUT2D eigenvalue weighted by Crippen LogP contribution is 2.36. The van der Waals surface area contributed by atoms with Gasteiger partial charge in [-0.25, -0.2) is 4.39 Å². The molecule has 30 heavy (non-hydrogen) atoms. The van der Waals surface area contributed by atoms with E-state index in [9.17, 15) is 23.9 Å². The van der Waals surface area contributed by atoms with Crippen LogP contribution in [0.5, 0.6) is 0 Å². The van der Waals surface area contributed by atoms with E-state index in [4.69, 9.17) is 0 Å². The van der Waals surface area contributed by atoms with Gasteiger partial charge >= 0.3 is 0 Å². The van der Waals surface area contributed by atoms with Crippen LogP contribution in [0, 0.1) is 5.82 Å². The van der Waals surface area contributed by atoms with E-state index in [-0.39, 0.29) is 31.7 Å². The van der Waals surface area contributed by atoms with Crippen LogP contribution in [-0.2, 0) is 22.7 Å². The van der Waals surface area contributed by atoms with E-state index in [1.807, 2.05) is 0 Å². The number of carbonyl (C=O) groups is 3. The molecule has 0 saturated carbocycles. The SMILES string of the molecule is CNc1ccc(CNc2cccc3c2CN(C2(O)CCC(=O)NC2=O)C3=O)c(F)c1. The second-order valence-corrected chi connectivity index (χ2v) is 7.33. The Hall–Kier alpha value is -3.46. The van der Waals surface area contributed by atoms with Gasteiger partial charge in [0, 0.05) is 54.5 Å². The molecule has 156 valence electrons. The van der Waals surface area contributed by atoms with Crippen molar-refractivity contribution in [3.63, 3.8) is 0 Å². The first kappa shape index (κ1) is 19.8. The Morgan fingerprint density at radius 2 is 2.03 bits per heavy atom. The van der Waals surface area contributed by atoms with Gasteiger partial charge in [0.1, 0.15) is 5.82 Å². The third-order valence-corrected chi connectivity index (χ3v) is 5.54. The summed E-state index contributed by atoms with van der Waals surface area (Å²) < 4.78 is 14.3. The van der Waals surface area contributed by atoms with Gasteiger partial charge in [0.15, 0.2) is 0 Å². The summed E-state index contributed by atoms with van der Waals surface area (Å²) in [5, 5.41) is 18.9. The highest BCUT2D eigenvalue weighted by atomic mass is 19.1. The van der Waals surface area contributed by atoms with Crippen LogP contribution in [-0.4, -0.2) is 40.5 Å². The summed E-state index contributed by atoms with van der Waals surface area (Å²) in [6.07, 6.45) is -0.224. The minimum Gasteiger partial charge on any atom is -0.388 e. The Morgan fingerprint density at radius 1 is 1.23 bits per heavy atom. The van der Waals surface area contributed by atoms with Crippen LogP contribution >= 0.6 is 0 Å². The number of imide groups is 1. The van der Waals surface area contributed by atoms with Crippen molar-refractivity contribution >= 4 is 29.1 Å². The van der Waals surface area contributed by atoms with Gasteiger partial charge < -0.3 is 15.7 Å². The maximum atomic E-state index is 14.3. The van der Waals surface area contributed by atoms with Crippen LogP contribution in [0.2, 0.25) is 0 Å². The number of hydrogen-bond acceptors (Lipinski definition) is 6. The van der Waals surface area contributed by atoms with Crippen LogP contribution < -0.4 is 16.0 Å². The third kappa shape index (κ3) is 3.26. The number of carbonyl (C=O) groups excluding carboxylic acids is 3. The normalized spacial score (nSPS) is 20.8. The Balaban J connectivity index is 1.56. The van der Waals surface area contributed by atoms with Gasteiger partial charge in [-0.3, -0.25) is 24.6 Å². The molecule has 2 heterocycles. The lowest BCUT2D eigenvalue weighted by molar-refractivity contribution is -0.167. The van der Waals surface area contributed by atoms with Gasteiger partial charge in [0.05, 0.1) is 6.54 Å². The van der Waals surface area contributed by atoms with Crippen LogP contribution in [0.1, 0.15) is 34.3 Å². The number of anilines is 2. The number of fused-ring (bicyclic) bond motifs is 1. The fraction of sp³-hybridized carbons (Fsp3) is 0.286. The lowest BCUT2D eigenvalue weighted by atomic mass is 10.00. The van der Waals surface area contributed by atoms with Gasteiger partial charge in [0.25, 0.3) is 11.8 Å². The van der Waals surface area contributed by atoms with Gasteiger partial charge in [-0.2, -0.15) is 0 Å². The molecule has 2 aliphatic heterocycles. The average Bonchev–Trinajstić information content (AvgIpc) is 3.08. The number of nitrogens with zero attached hydrogens (tertiary/aromatic N) is 1. The maximum absolute atomic E-state index is 14.3. The summed E-state index contributed by atoms with van der Waals surface area (Å²) in [7, 11) is 1.71. The number of rotatable bonds is 5. The summed E-state index contributed by atoms with van der Waals surface area (Å²) in [6, 6.07) is 9.87. The third-order valence-electron chi connectivity index (χ3n) is 5.54. The molecule has 2 aliphatic rings. The molecule has 4 N–H and O–H groups in total. The van der Waals surface area contributed by atoms with Gasteiger partial charge in [-0.05, 0) is 24.3 Å². The Bertz CT molecular complexity index is 1060. The lowest BCUT2D eigenvalue weighted by Crippen LogP contribution is -2.63. The molecule has 9 heteroatoms. The summed E-state index contributed by atoms with van der Waals surface area (Å²) in [5.41, 5.74) is 0.594. The molecule has 1 atom stereocenters. The number of amides is 3. The second kappa shape index (κ2) is 7.42. The number of hydrogen-bond donors (Lipinski definition) is 4. The largest absolute Gasteiger partial charge is 0.388 e. The van der Waals surface area contributed by atoms with Crippen LogP contribution in [0.15, 0.2) is 36.4 Å². The fourth-order valence-electron chi connectivity index (χ4n) is 3.78. The molecule has 1 saturated heterocycles. The van der Waals surface area contributed by atoms with E-state index in [2.05, 4.69) is 16.0 Å². The summed E-state index contributed by atoms with van der Waals surface area (Å²) in [6.45, 7) is 0.191.